The van der Waals surface area contributed by atoms with E-state index in [1.54, 1.807) is 29.5 Å². The van der Waals surface area contributed by atoms with Crippen molar-refractivity contribution in [3.05, 3.63) is 45.6 Å². The molecule has 4 N–H and O–H groups in total. The molecule has 0 spiro atoms. The summed E-state index contributed by atoms with van der Waals surface area (Å²) < 4.78 is 0. The van der Waals surface area contributed by atoms with Crippen LogP contribution in [0.25, 0.3) is 0 Å². The maximum absolute atomic E-state index is 12.5. The SMILES string of the molecule is Nc1cc(N)cc(C(=O)N2CCc3sccc3C2)c1. The molecule has 0 atom stereocenters. The van der Waals surface area contributed by atoms with Crippen molar-refractivity contribution in [2.75, 3.05) is 18.0 Å². The van der Waals surface area contributed by atoms with E-state index in [2.05, 4.69) is 11.4 Å². The summed E-state index contributed by atoms with van der Waals surface area (Å²) in [6.45, 7) is 1.42. The highest BCUT2D eigenvalue weighted by molar-refractivity contribution is 7.10. The quantitative estimate of drug-likeness (QED) is 0.782. The summed E-state index contributed by atoms with van der Waals surface area (Å²) in [5.41, 5.74) is 14.3. The minimum Gasteiger partial charge on any atom is -0.399 e. The Morgan fingerprint density at radius 1 is 1.21 bits per heavy atom. The zero-order valence-electron chi connectivity index (χ0n) is 10.4. The lowest BCUT2D eigenvalue weighted by atomic mass is 10.1. The van der Waals surface area contributed by atoms with E-state index in [0.29, 0.717) is 23.5 Å². The molecule has 0 radical (unpaired) electrons. The molecule has 0 aliphatic carbocycles. The van der Waals surface area contributed by atoms with Crippen LogP contribution in [0.2, 0.25) is 0 Å². The Morgan fingerprint density at radius 3 is 2.68 bits per heavy atom. The van der Waals surface area contributed by atoms with Crippen LogP contribution in [0.3, 0.4) is 0 Å². The molecule has 1 aliphatic heterocycles. The van der Waals surface area contributed by atoms with Crippen LogP contribution in [0.15, 0.2) is 29.6 Å². The lowest BCUT2D eigenvalue weighted by Crippen LogP contribution is -2.35. The van der Waals surface area contributed by atoms with E-state index in [4.69, 9.17) is 11.5 Å². The molecule has 1 aromatic heterocycles. The van der Waals surface area contributed by atoms with E-state index in [1.165, 1.54) is 10.4 Å². The van der Waals surface area contributed by atoms with Gasteiger partial charge in [0.15, 0.2) is 0 Å². The van der Waals surface area contributed by atoms with E-state index in [9.17, 15) is 4.79 Å². The first kappa shape index (κ1) is 12.0. The Kier molecular flexibility index (Phi) is 2.91. The van der Waals surface area contributed by atoms with Gasteiger partial charge in [0.25, 0.3) is 5.91 Å². The Bertz CT molecular complexity index is 615. The van der Waals surface area contributed by atoms with Crippen LogP contribution in [-0.4, -0.2) is 17.4 Å². The lowest BCUT2D eigenvalue weighted by Gasteiger charge is -2.27. The van der Waals surface area contributed by atoms with Gasteiger partial charge in [-0.2, -0.15) is 0 Å². The highest BCUT2D eigenvalue weighted by atomic mass is 32.1. The first-order valence-corrected chi connectivity index (χ1v) is 7.02. The van der Waals surface area contributed by atoms with E-state index >= 15 is 0 Å². The number of benzene rings is 1. The molecule has 4 nitrogen and oxygen atoms in total. The van der Waals surface area contributed by atoms with Crippen molar-refractivity contribution in [1.82, 2.24) is 4.90 Å². The van der Waals surface area contributed by atoms with Gasteiger partial charge in [0, 0.05) is 34.9 Å². The predicted molar refractivity (Wildman–Crippen MR) is 78.0 cm³/mol. The molecule has 2 aromatic rings. The number of thiophene rings is 1. The Hall–Kier alpha value is -2.01. The number of nitrogens with two attached hydrogens (primary N) is 2. The van der Waals surface area contributed by atoms with E-state index in [1.807, 2.05) is 4.90 Å². The fourth-order valence-electron chi connectivity index (χ4n) is 2.40. The van der Waals surface area contributed by atoms with Gasteiger partial charge in [-0.3, -0.25) is 4.79 Å². The fraction of sp³-hybridized carbons (Fsp3) is 0.214. The largest absolute Gasteiger partial charge is 0.399 e. The van der Waals surface area contributed by atoms with Crippen LogP contribution < -0.4 is 11.5 Å². The van der Waals surface area contributed by atoms with Gasteiger partial charge in [-0.05, 0) is 41.6 Å². The molecule has 1 amide bonds. The van der Waals surface area contributed by atoms with E-state index in [-0.39, 0.29) is 5.91 Å². The van der Waals surface area contributed by atoms with Crippen LogP contribution in [-0.2, 0) is 13.0 Å². The van der Waals surface area contributed by atoms with Crippen LogP contribution in [0.4, 0.5) is 11.4 Å². The highest BCUT2D eigenvalue weighted by Crippen LogP contribution is 2.25. The molecule has 98 valence electrons. The molecule has 0 saturated carbocycles. The Morgan fingerprint density at radius 2 is 1.95 bits per heavy atom. The molecule has 19 heavy (non-hydrogen) atoms. The van der Waals surface area contributed by atoms with Gasteiger partial charge in [-0.25, -0.2) is 0 Å². The Balaban J connectivity index is 1.85. The molecule has 2 heterocycles. The van der Waals surface area contributed by atoms with Crippen LogP contribution in [0.5, 0.6) is 0 Å². The third kappa shape index (κ3) is 2.29. The lowest BCUT2D eigenvalue weighted by molar-refractivity contribution is 0.0736. The summed E-state index contributed by atoms with van der Waals surface area (Å²) in [6, 6.07) is 7.11. The summed E-state index contributed by atoms with van der Waals surface area (Å²) in [6.07, 6.45) is 0.927. The van der Waals surface area contributed by atoms with Gasteiger partial charge in [0.05, 0.1) is 0 Å². The second kappa shape index (κ2) is 4.59. The average Bonchev–Trinajstić information content (AvgIpc) is 2.83. The van der Waals surface area contributed by atoms with Crippen molar-refractivity contribution in [2.45, 2.75) is 13.0 Å². The number of nitrogens with zero attached hydrogens (tertiary/aromatic N) is 1. The summed E-state index contributed by atoms with van der Waals surface area (Å²) in [5.74, 6) is -0.00384. The summed E-state index contributed by atoms with van der Waals surface area (Å²) in [4.78, 5) is 15.7. The second-order valence-electron chi connectivity index (χ2n) is 4.73. The number of amides is 1. The normalized spacial score (nSPS) is 14.2. The monoisotopic (exact) mass is 273 g/mol. The molecule has 5 heteroatoms. The minimum absolute atomic E-state index is 0.00384. The van der Waals surface area contributed by atoms with Crippen molar-refractivity contribution in [3.63, 3.8) is 0 Å². The molecule has 1 aromatic carbocycles. The van der Waals surface area contributed by atoms with Gasteiger partial charge in [0.1, 0.15) is 0 Å². The van der Waals surface area contributed by atoms with E-state index < -0.39 is 0 Å². The molecule has 1 aliphatic rings. The molecule has 0 saturated heterocycles. The minimum atomic E-state index is -0.00384. The van der Waals surface area contributed by atoms with Gasteiger partial charge in [0.2, 0.25) is 0 Å². The molecule has 3 rings (SSSR count). The number of carbonyl (C=O) groups excluding carboxylic acids is 1. The zero-order chi connectivity index (χ0) is 13.4. The van der Waals surface area contributed by atoms with Gasteiger partial charge < -0.3 is 16.4 Å². The third-order valence-electron chi connectivity index (χ3n) is 3.32. The third-order valence-corrected chi connectivity index (χ3v) is 4.34. The van der Waals surface area contributed by atoms with Crippen LogP contribution in [0, 0.1) is 0 Å². The number of fused-ring (bicyclic) bond motifs is 1. The van der Waals surface area contributed by atoms with Crippen molar-refractivity contribution < 1.29 is 4.79 Å². The van der Waals surface area contributed by atoms with Crippen molar-refractivity contribution in [1.29, 1.82) is 0 Å². The summed E-state index contributed by atoms with van der Waals surface area (Å²) >= 11 is 1.76. The molecule has 0 fully saturated rings. The molecule has 0 bridgehead atoms. The topological polar surface area (TPSA) is 72.3 Å². The molecule has 0 unspecified atom stereocenters. The van der Waals surface area contributed by atoms with Crippen LogP contribution >= 0.6 is 11.3 Å². The standard InChI is InChI=1S/C14H15N3OS/c15-11-5-10(6-12(16)7-11)14(18)17-3-1-13-9(8-17)2-4-19-13/h2,4-7H,1,3,8,15-16H2. The van der Waals surface area contributed by atoms with Crippen molar-refractivity contribution >= 4 is 28.6 Å². The fourth-order valence-corrected chi connectivity index (χ4v) is 3.29. The average molecular weight is 273 g/mol. The smallest absolute Gasteiger partial charge is 0.254 e. The maximum Gasteiger partial charge on any atom is 0.254 e. The first-order chi connectivity index (χ1) is 9.13. The number of hydrogen-bond acceptors (Lipinski definition) is 4. The number of rotatable bonds is 1. The van der Waals surface area contributed by atoms with Gasteiger partial charge in [-0.15, -0.1) is 11.3 Å². The number of carbonyl (C=O) groups is 1. The Labute approximate surface area is 115 Å². The highest BCUT2D eigenvalue weighted by Gasteiger charge is 2.22. The number of anilines is 2. The summed E-state index contributed by atoms with van der Waals surface area (Å²) in [7, 11) is 0. The maximum atomic E-state index is 12.5. The van der Waals surface area contributed by atoms with Gasteiger partial charge >= 0.3 is 0 Å². The zero-order valence-corrected chi connectivity index (χ0v) is 11.2. The first-order valence-electron chi connectivity index (χ1n) is 6.14. The van der Waals surface area contributed by atoms with Gasteiger partial charge in [-0.1, -0.05) is 0 Å². The number of hydrogen-bond donors (Lipinski definition) is 2. The van der Waals surface area contributed by atoms with Crippen LogP contribution in [0.1, 0.15) is 20.8 Å². The van der Waals surface area contributed by atoms with Crippen molar-refractivity contribution in [3.8, 4) is 0 Å². The van der Waals surface area contributed by atoms with Crippen molar-refractivity contribution in [2.24, 2.45) is 0 Å². The summed E-state index contributed by atoms with van der Waals surface area (Å²) in [5, 5.41) is 2.08. The predicted octanol–water partition coefficient (Wildman–Crippen LogP) is 2.11. The second-order valence-corrected chi connectivity index (χ2v) is 5.73. The van der Waals surface area contributed by atoms with E-state index in [0.717, 1.165) is 13.0 Å². The molecular formula is C14H15N3OS. The number of nitrogen functional groups attached to an aromatic ring is 2. The molecular weight excluding hydrogens is 258 g/mol.